The molecule has 0 saturated carbocycles. The summed E-state index contributed by atoms with van der Waals surface area (Å²) in [6.45, 7) is 1.79. The van der Waals surface area contributed by atoms with Crippen molar-refractivity contribution in [3.8, 4) is 11.3 Å². The molecule has 1 amide bonds. The van der Waals surface area contributed by atoms with Crippen molar-refractivity contribution in [2.75, 3.05) is 5.32 Å². The van der Waals surface area contributed by atoms with Crippen LogP contribution in [0, 0.1) is 6.92 Å². The van der Waals surface area contributed by atoms with E-state index < -0.39 is 12.3 Å². The number of anilines is 1. The Balaban J connectivity index is 1.37. The van der Waals surface area contributed by atoms with Crippen molar-refractivity contribution in [3.63, 3.8) is 0 Å². The third-order valence-corrected chi connectivity index (χ3v) is 6.41. The summed E-state index contributed by atoms with van der Waals surface area (Å²) in [5, 5.41) is 16.6. The second kappa shape index (κ2) is 9.91. The van der Waals surface area contributed by atoms with Crippen LogP contribution < -0.4 is 5.32 Å². The van der Waals surface area contributed by atoms with Gasteiger partial charge in [0.1, 0.15) is 6.54 Å². The van der Waals surface area contributed by atoms with E-state index in [-0.39, 0.29) is 23.1 Å². The highest BCUT2D eigenvalue weighted by Gasteiger charge is 2.22. The number of fused-ring (bicyclic) bond motifs is 1. The maximum atomic E-state index is 13.9. The number of pyridine rings is 1. The number of carbonyl (C=O) groups excluding carboxylic acids is 1. The van der Waals surface area contributed by atoms with Crippen LogP contribution in [0.1, 0.15) is 23.2 Å². The standard InChI is InChI=1S/C24H20Cl2F2N8O/c1-13-22-16(23(27)28)8-19(15-9-29-34(2)11-15)30-24(22)36(32-13)12-21(37)31-20-5-6-35(33-20)10-14-3-4-17(25)18(26)7-14/h3-9,11,23H,10,12H2,1-2H3,(H,31,33,37). The summed E-state index contributed by atoms with van der Waals surface area (Å²) < 4.78 is 32.4. The van der Waals surface area contributed by atoms with E-state index in [1.54, 1.807) is 53.9 Å². The van der Waals surface area contributed by atoms with E-state index in [0.717, 1.165) is 5.56 Å². The summed E-state index contributed by atoms with van der Waals surface area (Å²) in [5.41, 5.74) is 2.13. The second-order valence-electron chi connectivity index (χ2n) is 8.44. The average Bonchev–Trinajstić information content (AvgIpc) is 3.55. The lowest BCUT2D eigenvalue weighted by Gasteiger charge is -2.08. The molecule has 1 aromatic carbocycles. The van der Waals surface area contributed by atoms with Crippen LogP contribution in [0.25, 0.3) is 22.3 Å². The molecule has 0 aliphatic carbocycles. The van der Waals surface area contributed by atoms with Gasteiger partial charge in [-0.2, -0.15) is 15.3 Å². The van der Waals surface area contributed by atoms with Crippen LogP contribution in [0.3, 0.4) is 0 Å². The summed E-state index contributed by atoms with van der Waals surface area (Å²) in [7, 11) is 1.72. The fourth-order valence-corrected chi connectivity index (χ4v) is 4.35. The minimum atomic E-state index is -2.74. The number of nitrogens with one attached hydrogen (secondary N) is 1. The molecule has 0 atom stereocenters. The molecule has 1 N–H and O–H groups in total. The molecule has 13 heteroatoms. The molecule has 9 nitrogen and oxygen atoms in total. The van der Waals surface area contributed by atoms with E-state index in [9.17, 15) is 13.6 Å². The number of alkyl halides is 2. The zero-order valence-corrected chi connectivity index (χ0v) is 21.2. The third-order valence-electron chi connectivity index (χ3n) is 5.67. The van der Waals surface area contributed by atoms with Crippen LogP contribution in [-0.4, -0.2) is 40.2 Å². The Kier molecular flexibility index (Phi) is 6.65. The van der Waals surface area contributed by atoms with Crippen LogP contribution in [0.2, 0.25) is 10.0 Å². The highest BCUT2D eigenvalue weighted by atomic mass is 35.5. The molecule has 0 fully saturated rings. The Bertz CT molecular complexity index is 1620. The lowest BCUT2D eigenvalue weighted by Crippen LogP contribution is -2.20. The lowest BCUT2D eigenvalue weighted by atomic mass is 10.1. The van der Waals surface area contributed by atoms with E-state index in [1.165, 1.54) is 16.9 Å². The number of hydrogen-bond donors (Lipinski definition) is 1. The van der Waals surface area contributed by atoms with Gasteiger partial charge in [0.05, 0.1) is 39.6 Å². The molecular weight excluding hydrogens is 525 g/mol. The maximum Gasteiger partial charge on any atom is 0.264 e. The fourth-order valence-electron chi connectivity index (χ4n) is 4.03. The number of aryl methyl sites for hydroxylation is 2. The topological polar surface area (TPSA) is 95.5 Å². The monoisotopic (exact) mass is 544 g/mol. The molecule has 0 aliphatic rings. The predicted molar refractivity (Wildman–Crippen MR) is 136 cm³/mol. The molecule has 5 rings (SSSR count). The molecule has 0 saturated heterocycles. The molecule has 0 radical (unpaired) electrons. The summed E-state index contributed by atoms with van der Waals surface area (Å²) in [5.74, 6) is -0.105. The van der Waals surface area contributed by atoms with E-state index >= 15 is 0 Å². The minimum Gasteiger partial charge on any atom is -0.308 e. The molecule has 190 valence electrons. The van der Waals surface area contributed by atoms with Gasteiger partial charge in [-0.3, -0.25) is 14.2 Å². The van der Waals surface area contributed by atoms with Gasteiger partial charge in [-0.05, 0) is 30.7 Å². The van der Waals surface area contributed by atoms with Gasteiger partial charge >= 0.3 is 0 Å². The van der Waals surface area contributed by atoms with Crippen molar-refractivity contribution in [3.05, 3.63) is 75.8 Å². The van der Waals surface area contributed by atoms with Gasteiger partial charge < -0.3 is 5.32 Å². The third kappa shape index (κ3) is 5.18. The van der Waals surface area contributed by atoms with Gasteiger partial charge in [-0.25, -0.2) is 18.4 Å². The highest BCUT2D eigenvalue weighted by Crippen LogP contribution is 2.33. The van der Waals surface area contributed by atoms with Crippen LogP contribution in [0.5, 0.6) is 0 Å². The second-order valence-corrected chi connectivity index (χ2v) is 9.25. The first-order valence-electron chi connectivity index (χ1n) is 11.1. The number of carbonyl (C=O) groups is 1. The smallest absolute Gasteiger partial charge is 0.264 e. The quantitative estimate of drug-likeness (QED) is 0.301. The number of halogens is 4. The Morgan fingerprint density at radius 1 is 1.14 bits per heavy atom. The first kappa shape index (κ1) is 24.8. The zero-order valence-electron chi connectivity index (χ0n) is 19.7. The maximum absolute atomic E-state index is 13.9. The van der Waals surface area contributed by atoms with Crippen LogP contribution in [0.15, 0.2) is 48.9 Å². The summed E-state index contributed by atoms with van der Waals surface area (Å²) in [6, 6.07) is 8.27. The molecule has 4 heterocycles. The number of aromatic nitrogens is 7. The first-order chi connectivity index (χ1) is 17.7. The average molecular weight is 545 g/mol. The number of amides is 1. The van der Waals surface area contributed by atoms with E-state index in [0.29, 0.717) is 39.4 Å². The normalized spacial score (nSPS) is 11.5. The number of rotatable bonds is 7. The highest BCUT2D eigenvalue weighted by molar-refractivity contribution is 6.42. The molecule has 0 spiro atoms. The van der Waals surface area contributed by atoms with E-state index in [1.807, 2.05) is 6.07 Å². The van der Waals surface area contributed by atoms with Crippen molar-refractivity contribution in [2.24, 2.45) is 7.05 Å². The Morgan fingerprint density at radius 2 is 1.95 bits per heavy atom. The predicted octanol–water partition coefficient (Wildman–Crippen LogP) is 5.27. The van der Waals surface area contributed by atoms with Gasteiger partial charge in [0.25, 0.3) is 6.43 Å². The van der Waals surface area contributed by atoms with Gasteiger partial charge in [-0.1, -0.05) is 29.3 Å². The van der Waals surface area contributed by atoms with Crippen LogP contribution >= 0.6 is 23.2 Å². The Labute approximate surface area is 219 Å². The van der Waals surface area contributed by atoms with Gasteiger partial charge in [-0.15, -0.1) is 0 Å². The number of nitrogens with zero attached hydrogens (tertiary/aromatic N) is 7. The molecule has 0 unspecified atom stereocenters. The number of benzene rings is 1. The largest absolute Gasteiger partial charge is 0.308 e. The van der Waals surface area contributed by atoms with Crippen LogP contribution in [0.4, 0.5) is 14.6 Å². The van der Waals surface area contributed by atoms with Crippen molar-refractivity contribution in [2.45, 2.75) is 26.4 Å². The lowest BCUT2D eigenvalue weighted by molar-refractivity contribution is -0.116. The van der Waals surface area contributed by atoms with Crippen molar-refractivity contribution in [1.82, 2.24) is 34.3 Å². The Hall–Kier alpha value is -3.83. The number of hydrogen-bond acceptors (Lipinski definition) is 5. The molecule has 37 heavy (non-hydrogen) atoms. The molecule has 0 aliphatic heterocycles. The first-order valence-corrected chi connectivity index (χ1v) is 11.9. The molecule has 5 aromatic rings. The molecular formula is C24H20Cl2F2N8O. The van der Waals surface area contributed by atoms with E-state index in [2.05, 4.69) is 25.6 Å². The zero-order chi connectivity index (χ0) is 26.3. The Morgan fingerprint density at radius 3 is 2.65 bits per heavy atom. The van der Waals surface area contributed by atoms with Gasteiger partial charge in [0.15, 0.2) is 11.5 Å². The summed E-state index contributed by atoms with van der Waals surface area (Å²) in [6.07, 6.45) is 2.18. The van der Waals surface area contributed by atoms with Gasteiger partial charge in [0.2, 0.25) is 5.91 Å². The summed E-state index contributed by atoms with van der Waals surface area (Å²) in [4.78, 5) is 17.4. The SMILES string of the molecule is Cc1nn(CC(=O)Nc2ccn(Cc3ccc(Cl)c(Cl)c3)n2)c2nc(-c3cnn(C)c3)cc(C(F)F)c12. The van der Waals surface area contributed by atoms with E-state index in [4.69, 9.17) is 23.2 Å². The van der Waals surface area contributed by atoms with Crippen molar-refractivity contribution >= 4 is 46.0 Å². The fraction of sp³-hybridized carbons (Fsp3) is 0.208. The van der Waals surface area contributed by atoms with Crippen molar-refractivity contribution < 1.29 is 13.6 Å². The van der Waals surface area contributed by atoms with Crippen molar-refractivity contribution in [1.29, 1.82) is 0 Å². The molecule has 4 aromatic heterocycles. The van der Waals surface area contributed by atoms with Crippen LogP contribution in [-0.2, 0) is 24.9 Å². The van der Waals surface area contributed by atoms with Gasteiger partial charge in [0, 0.05) is 36.6 Å². The summed E-state index contributed by atoms with van der Waals surface area (Å²) >= 11 is 12.0. The molecule has 0 bridgehead atoms. The minimum absolute atomic E-state index is 0.189.